The Morgan fingerprint density at radius 3 is 2.62 bits per heavy atom. The van der Waals surface area contributed by atoms with Gasteiger partial charge >= 0.3 is 0 Å². The fraction of sp³-hybridized carbons (Fsp3) is 0.263. The first-order valence-corrected chi connectivity index (χ1v) is 9.60. The van der Waals surface area contributed by atoms with E-state index in [4.69, 9.17) is 0 Å². The molecule has 0 saturated carbocycles. The number of nitrogens with zero attached hydrogens (tertiary/aromatic N) is 4. The SMILES string of the molecule is CCCCc1ccc(-n2nnnc2SCC(=O)Nc2ccccc2)cc1. The van der Waals surface area contributed by atoms with Gasteiger partial charge < -0.3 is 5.32 Å². The minimum Gasteiger partial charge on any atom is -0.325 e. The Hall–Kier alpha value is -2.67. The number of unbranched alkanes of at least 4 members (excludes halogenated alkanes) is 1. The van der Waals surface area contributed by atoms with Gasteiger partial charge in [0, 0.05) is 5.69 Å². The monoisotopic (exact) mass is 367 g/mol. The molecule has 6 nitrogen and oxygen atoms in total. The number of hydrogen-bond acceptors (Lipinski definition) is 5. The van der Waals surface area contributed by atoms with Gasteiger partial charge in [0.05, 0.1) is 11.4 Å². The van der Waals surface area contributed by atoms with Crippen molar-refractivity contribution in [1.29, 1.82) is 0 Å². The van der Waals surface area contributed by atoms with Gasteiger partial charge in [-0.1, -0.05) is 55.4 Å². The summed E-state index contributed by atoms with van der Waals surface area (Å²) in [6.45, 7) is 2.19. The molecule has 7 heteroatoms. The molecule has 26 heavy (non-hydrogen) atoms. The topological polar surface area (TPSA) is 72.7 Å². The molecule has 0 aliphatic carbocycles. The second-order valence-electron chi connectivity index (χ2n) is 5.85. The zero-order chi connectivity index (χ0) is 18.2. The third kappa shape index (κ3) is 4.92. The maximum atomic E-state index is 12.1. The smallest absolute Gasteiger partial charge is 0.234 e. The normalized spacial score (nSPS) is 10.7. The Labute approximate surface area is 157 Å². The van der Waals surface area contributed by atoms with Crippen molar-refractivity contribution < 1.29 is 4.79 Å². The van der Waals surface area contributed by atoms with Crippen LogP contribution in [0.15, 0.2) is 59.8 Å². The number of aryl methyl sites for hydroxylation is 1. The predicted molar refractivity (Wildman–Crippen MR) is 104 cm³/mol. The summed E-state index contributed by atoms with van der Waals surface area (Å²) in [4.78, 5) is 12.1. The van der Waals surface area contributed by atoms with Crippen LogP contribution in [0.4, 0.5) is 5.69 Å². The summed E-state index contributed by atoms with van der Waals surface area (Å²) in [7, 11) is 0. The fourth-order valence-corrected chi connectivity index (χ4v) is 3.16. The number of carbonyl (C=O) groups is 1. The number of tetrazole rings is 1. The number of para-hydroxylation sites is 1. The fourth-order valence-electron chi connectivity index (χ4n) is 2.46. The highest BCUT2D eigenvalue weighted by Gasteiger charge is 2.11. The van der Waals surface area contributed by atoms with E-state index in [-0.39, 0.29) is 11.7 Å². The molecule has 1 heterocycles. The van der Waals surface area contributed by atoms with Crippen LogP contribution in [-0.2, 0) is 11.2 Å². The van der Waals surface area contributed by atoms with Gasteiger partial charge in [0.15, 0.2) is 0 Å². The number of aromatic nitrogens is 4. The molecule has 3 aromatic rings. The van der Waals surface area contributed by atoms with Gasteiger partial charge in [0.25, 0.3) is 0 Å². The molecule has 1 amide bonds. The molecular formula is C19H21N5OS. The van der Waals surface area contributed by atoms with Gasteiger partial charge in [-0.2, -0.15) is 4.68 Å². The lowest BCUT2D eigenvalue weighted by Gasteiger charge is -2.06. The van der Waals surface area contributed by atoms with Crippen molar-refractivity contribution in [2.75, 3.05) is 11.1 Å². The van der Waals surface area contributed by atoms with Crippen LogP contribution in [0.1, 0.15) is 25.3 Å². The molecule has 0 unspecified atom stereocenters. The summed E-state index contributed by atoms with van der Waals surface area (Å²) >= 11 is 1.31. The zero-order valence-electron chi connectivity index (χ0n) is 14.6. The lowest BCUT2D eigenvalue weighted by molar-refractivity contribution is -0.113. The summed E-state index contributed by atoms with van der Waals surface area (Å²) < 4.78 is 1.66. The minimum absolute atomic E-state index is 0.0920. The van der Waals surface area contributed by atoms with Crippen molar-refractivity contribution in [3.05, 3.63) is 60.2 Å². The first-order chi connectivity index (χ1) is 12.8. The first kappa shape index (κ1) is 18.1. The highest BCUT2D eigenvalue weighted by Crippen LogP contribution is 2.19. The number of carbonyl (C=O) groups excluding carboxylic acids is 1. The molecule has 0 spiro atoms. The molecule has 3 rings (SSSR count). The molecule has 1 N–H and O–H groups in total. The van der Waals surface area contributed by atoms with Crippen LogP contribution in [0.25, 0.3) is 5.69 Å². The average molecular weight is 367 g/mol. The molecule has 0 atom stereocenters. The largest absolute Gasteiger partial charge is 0.325 e. The maximum absolute atomic E-state index is 12.1. The van der Waals surface area contributed by atoms with Crippen molar-refractivity contribution in [2.45, 2.75) is 31.3 Å². The van der Waals surface area contributed by atoms with Gasteiger partial charge in [-0.15, -0.1) is 5.10 Å². The van der Waals surface area contributed by atoms with E-state index in [0.29, 0.717) is 5.16 Å². The Balaban J connectivity index is 1.60. The van der Waals surface area contributed by atoms with Gasteiger partial charge in [-0.05, 0) is 53.1 Å². The summed E-state index contributed by atoms with van der Waals surface area (Å²) in [5.74, 6) is 0.148. The second kappa shape index (κ2) is 9.15. The van der Waals surface area contributed by atoms with Crippen LogP contribution in [0.2, 0.25) is 0 Å². The highest BCUT2D eigenvalue weighted by atomic mass is 32.2. The van der Waals surface area contributed by atoms with E-state index in [0.717, 1.165) is 17.8 Å². The summed E-state index contributed by atoms with van der Waals surface area (Å²) in [5, 5.41) is 15.3. The minimum atomic E-state index is -0.0920. The average Bonchev–Trinajstić information content (AvgIpc) is 3.14. The molecule has 134 valence electrons. The number of rotatable bonds is 8. The third-order valence-corrected chi connectivity index (χ3v) is 4.75. The van der Waals surface area contributed by atoms with Crippen LogP contribution < -0.4 is 5.32 Å². The number of amides is 1. The molecule has 0 aliphatic heterocycles. The highest BCUT2D eigenvalue weighted by molar-refractivity contribution is 7.99. The first-order valence-electron chi connectivity index (χ1n) is 8.61. The van der Waals surface area contributed by atoms with E-state index in [1.807, 2.05) is 42.5 Å². The van der Waals surface area contributed by atoms with Crippen molar-refractivity contribution in [3.63, 3.8) is 0 Å². The van der Waals surface area contributed by atoms with Gasteiger partial charge in [-0.25, -0.2) is 0 Å². The van der Waals surface area contributed by atoms with Gasteiger partial charge in [0.2, 0.25) is 11.1 Å². The second-order valence-corrected chi connectivity index (χ2v) is 6.79. The van der Waals surface area contributed by atoms with E-state index in [1.54, 1.807) is 4.68 Å². The molecule has 2 aromatic carbocycles. The van der Waals surface area contributed by atoms with E-state index in [2.05, 4.69) is 39.9 Å². The van der Waals surface area contributed by atoms with Gasteiger partial charge in [-0.3, -0.25) is 4.79 Å². The van der Waals surface area contributed by atoms with E-state index < -0.39 is 0 Å². The van der Waals surface area contributed by atoms with Crippen LogP contribution in [0.3, 0.4) is 0 Å². The maximum Gasteiger partial charge on any atom is 0.234 e. The van der Waals surface area contributed by atoms with Gasteiger partial charge in [0.1, 0.15) is 0 Å². The lowest BCUT2D eigenvalue weighted by Crippen LogP contribution is -2.14. The quantitative estimate of drug-likeness (QED) is 0.614. The van der Waals surface area contributed by atoms with Crippen LogP contribution >= 0.6 is 11.8 Å². The van der Waals surface area contributed by atoms with Crippen LogP contribution in [0, 0.1) is 0 Å². The molecular weight excluding hydrogens is 346 g/mol. The van der Waals surface area contributed by atoms with Crippen LogP contribution in [-0.4, -0.2) is 31.9 Å². The third-order valence-electron chi connectivity index (χ3n) is 3.83. The Kier molecular flexibility index (Phi) is 6.38. The lowest BCUT2D eigenvalue weighted by atomic mass is 10.1. The Morgan fingerprint density at radius 1 is 1.12 bits per heavy atom. The summed E-state index contributed by atoms with van der Waals surface area (Å²) in [5.41, 5.74) is 2.97. The van der Waals surface area contributed by atoms with E-state index >= 15 is 0 Å². The number of benzene rings is 2. The number of hydrogen-bond donors (Lipinski definition) is 1. The van der Waals surface area contributed by atoms with Crippen molar-refractivity contribution in [3.8, 4) is 5.69 Å². The Morgan fingerprint density at radius 2 is 1.88 bits per heavy atom. The number of nitrogens with one attached hydrogen (secondary N) is 1. The molecule has 0 fully saturated rings. The predicted octanol–water partition coefficient (Wildman–Crippen LogP) is 3.74. The summed E-state index contributed by atoms with van der Waals surface area (Å²) in [6.07, 6.45) is 3.44. The number of thioether (sulfide) groups is 1. The van der Waals surface area contributed by atoms with Crippen LogP contribution in [0.5, 0.6) is 0 Å². The Bertz CT molecular complexity index is 833. The van der Waals surface area contributed by atoms with Crippen molar-refractivity contribution >= 4 is 23.4 Å². The van der Waals surface area contributed by atoms with E-state index in [9.17, 15) is 4.79 Å². The zero-order valence-corrected chi connectivity index (χ0v) is 15.4. The molecule has 0 bridgehead atoms. The standard InChI is InChI=1S/C19H21N5OS/c1-2-3-7-15-10-12-17(13-11-15)24-19(21-22-23-24)26-14-18(25)20-16-8-5-4-6-9-16/h4-6,8-13H,2-3,7,14H2,1H3,(H,20,25). The molecule has 0 radical (unpaired) electrons. The molecule has 1 aromatic heterocycles. The van der Waals surface area contributed by atoms with E-state index in [1.165, 1.54) is 30.2 Å². The molecule has 0 aliphatic rings. The molecule has 0 saturated heterocycles. The van der Waals surface area contributed by atoms with Crippen molar-refractivity contribution in [2.24, 2.45) is 0 Å². The summed E-state index contributed by atoms with van der Waals surface area (Å²) in [6, 6.07) is 17.6. The van der Waals surface area contributed by atoms with Crippen molar-refractivity contribution in [1.82, 2.24) is 20.2 Å². The number of anilines is 1.